The normalized spacial score (nSPS) is 10.9. The number of esters is 1. The van der Waals surface area contributed by atoms with E-state index in [4.69, 9.17) is 4.74 Å². The molecule has 4 rings (SSSR count). The molecule has 0 aliphatic heterocycles. The molecule has 33 heavy (non-hydrogen) atoms. The molecule has 1 N–H and O–H groups in total. The van der Waals surface area contributed by atoms with Gasteiger partial charge in [-0.25, -0.2) is 9.48 Å². The highest BCUT2D eigenvalue weighted by Crippen LogP contribution is 2.36. The van der Waals surface area contributed by atoms with E-state index in [9.17, 15) is 9.59 Å². The summed E-state index contributed by atoms with van der Waals surface area (Å²) >= 11 is 1.29. The fourth-order valence-electron chi connectivity index (χ4n) is 3.39. The maximum Gasteiger partial charge on any atom is 0.341 e. The molecule has 168 valence electrons. The molecule has 0 spiro atoms. The lowest BCUT2D eigenvalue weighted by Gasteiger charge is -2.10. The van der Waals surface area contributed by atoms with Crippen molar-refractivity contribution < 1.29 is 14.3 Å². The van der Waals surface area contributed by atoms with Crippen LogP contribution in [-0.4, -0.2) is 38.7 Å². The number of rotatable bonds is 7. The van der Waals surface area contributed by atoms with E-state index >= 15 is 0 Å². The van der Waals surface area contributed by atoms with Crippen LogP contribution in [0.2, 0.25) is 0 Å². The van der Waals surface area contributed by atoms with Gasteiger partial charge in [-0.2, -0.15) is 0 Å². The monoisotopic (exact) mass is 461 g/mol. The van der Waals surface area contributed by atoms with Crippen LogP contribution in [0.4, 0.5) is 5.00 Å². The number of carbonyl (C=O) groups excluding carboxylic acids is 2. The molecule has 0 saturated carbocycles. The largest absolute Gasteiger partial charge is 0.462 e. The lowest BCUT2D eigenvalue weighted by Crippen LogP contribution is -2.15. The van der Waals surface area contributed by atoms with Crippen LogP contribution in [0.25, 0.3) is 22.5 Å². The van der Waals surface area contributed by atoms with Crippen LogP contribution >= 0.6 is 11.3 Å². The molecule has 1 amide bonds. The summed E-state index contributed by atoms with van der Waals surface area (Å²) in [5.41, 5.74) is 3.10. The second kappa shape index (κ2) is 9.74. The molecule has 0 atom stereocenters. The molecule has 0 aliphatic carbocycles. The first-order valence-electron chi connectivity index (χ1n) is 10.5. The Morgan fingerprint density at radius 3 is 2.58 bits per heavy atom. The highest BCUT2D eigenvalue weighted by Gasteiger charge is 2.23. The van der Waals surface area contributed by atoms with Crippen LogP contribution in [0, 0.1) is 0 Å². The molecule has 0 unspecified atom stereocenters. The van der Waals surface area contributed by atoms with Gasteiger partial charge in [0, 0.05) is 22.1 Å². The molecule has 8 nitrogen and oxygen atoms in total. The van der Waals surface area contributed by atoms with Gasteiger partial charge in [-0.3, -0.25) is 4.79 Å². The summed E-state index contributed by atoms with van der Waals surface area (Å²) in [6.45, 7) is 5.95. The fourth-order valence-corrected chi connectivity index (χ4v) is 4.34. The average Bonchev–Trinajstić information content (AvgIpc) is 3.48. The van der Waals surface area contributed by atoms with Gasteiger partial charge in [0.25, 0.3) is 5.91 Å². The highest BCUT2D eigenvalue weighted by atomic mass is 32.1. The maximum absolute atomic E-state index is 13.1. The van der Waals surface area contributed by atoms with Gasteiger partial charge in [-0.1, -0.05) is 42.5 Å². The zero-order chi connectivity index (χ0) is 23.4. The number of anilines is 1. The molecule has 2 aromatic carbocycles. The first kappa shape index (κ1) is 22.3. The Morgan fingerprint density at radius 2 is 1.85 bits per heavy atom. The highest BCUT2D eigenvalue weighted by molar-refractivity contribution is 7.15. The first-order chi connectivity index (χ1) is 16.0. The molecule has 0 saturated heterocycles. The predicted octanol–water partition coefficient (Wildman–Crippen LogP) is 5.08. The van der Waals surface area contributed by atoms with Gasteiger partial charge >= 0.3 is 5.97 Å². The van der Waals surface area contributed by atoms with Crippen molar-refractivity contribution in [2.24, 2.45) is 0 Å². The second-order valence-corrected chi connectivity index (χ2v) is 8.40. The van der Waals surface area contributed by atoms with E-state index in [-0.39, 0.29) is 18.6 Å². The average molecular weight is 462 g/mol. The van der Waals surface area contributed by atoms with Crippen molar-refractivity contribution in [1.82, 2.24) is 20.2 Å². The van der Waals surface area contributed by atoms with E-state index in [2.05, 4.69) is 20.8 Å². The van der Waals surface area contributed by atoms with Crippen LogP contribution in [0.5, 0.6) is 0 Å². The molecule has 0 bridgehead atoms. The van der Waals surface area contributed by atoms with Crippen molar-refractivity contribution in [2.75, 3.05) is 11.9 Å². The van der Waals surface area contributed by atoms with Crippen LogP contribution in [0.1, 0.15) is 47.5 Å². The Labute approximate surface area is 195 Å². The van der Waals surface area contributed by atoms with Gasteiger partial charge in [0.2, 0.25) is 0 Å². The van der Waals surface area contributed by atoms with Crippen LogP contribution in [-0.2, 0) is 4.74 Å². The second-order valence-electron chi connectivity index (χ2n) is 7.52. The predicted molar refractivity (Wildman–Crippen MR) is 127 cm³/mol. The number of aromatic nitrogens is 4. The molecule has 0 aliphatic rings. The number of tetrazole rings is 1. The zero-order valence-electron chi connectivity index (χ0n) is 18.5. The van der Waals surface area contributed by atoms with Gasteiger partial charge in [-0.05, 0) is 48.9 Å². The lowest BCUT2D eigenvalue weighted by atomic mass is 10.0. The number of nitrogens with one attached hydrogen (secondary N) is 1. The Hall–Kier alpha value is -3.85. The summed E-state index contributed by atoms with van der Waals surface area (Å²) in [6, 6.07) is 16.7. The van der Waals surface area contributed by atoms with Gasteiger partial charge in [0.05, 0.1) is 12.6 Å². The molecular formula is C24H23N5O3S. The number of amides is 1. The molecule has 9 heteroatoms. The van der Waals surface area contributed by atoms with Crippen LogP contribution in [0.15, 0.2) is 60.0 Å². The summed E-state index contributed by atoms with van der Waals surface area (Å²) in [5, 5.41) is 17.0. The van der Waals surface area contributed by atoms with E-state index in [1.54, 1.807) is 29.8 Å². The third-order valence-electron chi connectivity index (χ3n) is 4.95. The molecule has 2 aromatic heterocycles. The van der Waals surface area contributed by atoms with Gasteiger partial charge in [0.1, 0.15) is 10.6 Å². The van der Waals surface area contributed by atoms with Gasteiger partial charge in [-0.15, -0.1) is 16.4 Å². The van der Waals surface area contributed by atoms with E-state index in [0.29, 0.717) is 22.0 Å². The standard InChI is InChI=1S/C24H23N5O3S/c1-4-32-24(31)20-19(16-9-6-5-7-10-16)14-33-23(20)25-22(30)18-12-8-11-17(13-18)21-26-27-28-29(21)15(2)3/h5-15H,4H2,1-3H3,(H,25,30). The van der Waals surface area contributed by atoms with E-state index < -0.39 is 5.97 Å². The van der Waals surface area contributed by atoms with Crippen molar-refractivity contribution in [1.29, 1.82) is 0 Å². The van der Waals surface area contributed by atoms with Crippen molar-refractivity contribution in [3.8, 4) is 22.5 Å². The topological polar surface area (TPSA) is 99.0 Å². The molecule has 4 aromatic rings. The van der Waals surface area contributed by atoms with E-state index in [0.717, 1.165) is 16.7 Å². The summed E-state index contributed by atoms with van der Waals surface area (Å²) in [6.07, 6.45) is 0. The van der Waals surface area contributed by atoms with Gasteiger partial charge in [0.15, 0.2) is 5.82 Å². The van der Waals surface area contributed by atoms with Crippen LogP contribution in [0.3, 0.4) is 0 Å². The minimum atomic E-state index is -0.474. The van der Waals surface area contributed by atoms with E-state index in [1.807, 2.05) is 55.6 Å². The maximum atomic E-state index is 13.1. The Kier molecular flexibility index (Phi) is 6.60. The molecule has 0 fully saturated rings. The number of hydrogen-bond donors (Lipinski definition) is 1. The Bertz CT molecular complexity index is 1280. The summed E-state index contributed by atoms with van der Waals surface area (Å²) in [7, 11) is 0. The molecule has 2 heterocycles. The number of carbonyl (C=O) groups is 2. The van der Waals surface area contributed by atoms with Crippen molar-refractivity contribution in [3.63, 3.8) is 0 Å². The third kappa shape index (κ3) is 4.68. The first-order valence-corrected chi connectivity index (χ1v) is 11.4. The number of hydrogen-bond acceptors (Lipinski definition) is 7. The molecule has 0 radical (unpaired) electrons. The lowest BCUT2D eigenvalue weighted by molar-refractivity contribution is 0.0529. The van der Waals surface area contributed by atoms with Crippen molar-refractivity contribution in [3.05, 3.63) is 71.1 Å². The smallest absolute Gasteiger partial charge is 0.341 e. The summed E-state index contributed by atoms with van der Waals surface area (Å²) in [4.78, 5) is 25.9. The zero-order valence-corrected chi connectivity index (χ0v) is 19.3. The fraction of sp³-hybridized carbons (Fsp3) is 0.208. The van der Waals surface area contributed by atoms with Gasteiger partial charge < -0.3 is 10.1 Å². The number of thiophene rings is 1. The third-order valence-corrected chi connectivity index (χ3v) is 5.84. The minimum Gasteiger partial charge on any atom is -0.462 e. The van der Waals surface area contributed by atoms with E-state index in [1.165, 1.54) is 11.3 Å². The minimum absolute atomic E-state index is 0.0714. The summed E-state index contributed by atoms with van der Waals surface area (Å²) in [5.74, 6) is -0.237. The Balaban J connectivity index is 1.66. The quantitative estimate of drug-likeness (QED) is 0.386. The summed E-state index contributed by atoms with van der Waals surface area (Å²) < 4.78 is 6.97. The number of nitrogens with zero attached hydrogens (tertiary/aromatic N) is 4. The van der Waals surface area contributed by atoms with Crippen molar-refractivity contribution >= 4 is 28.2 Å². The number of ether oxygens (including phenoxy) is 1. The Morgan fingerprint density at radius 1 is 1.09 bits per heavy atom. The van der Waals surface area contributed by atoms with Crippen molar-refractivity contribution in [2.45, 2.75) is 26.8 Å². The number of benzene rings is 2. The van der Waals surface area contributed by atoms with Crippen LogP contribution < -0.4 is 5.32 Å². The molecular weight excluding hydrogens is 438 g/mol. The SMILES string of the molecule is CCOC(=O)c1c(-c2ccccc2)csc1NC(=O)c1cccc(-c2nnnn2C(C)C)c1.